The van der Waals surface area contributed by atoms with Crippen LogP contribution < -0.4 is 0 Å². The van der Waals surface area contributed by atoms with Gasteiger partial charge in [0.15, 0.2) is 0 Å². The summed E-state index contributed by atoms with van der Waals surface area (Å²) >= 11 is 0. The van der Waals surface area contributed by atoms with Crippen LogP contribution in [0.5, 0.6) is 0 Å². The number of hydrogen-bond donors (Lipinski definition) is 0. The van der Waals surface area contributed by atoms with Gasteiger partial charge in [0.1, 0.15) is 0 Å². The molecule has 0 heterocycles. The minimum atomic E-state index is -0.0444. The van der Waals surface area contributed by atoms with Crippen molar-refractivity contribution in [3.05, 3.63) is 0 Å². The third-order valence-corrected chi connectivity index (χ3v) is 12.1. The fourth-order valence-corrected chi connectivity index (χ4v) is 7.22. The molecule has 0 radical (unpaired) electrons. The van der Waals surface area contributed by atoms with E-state index in [1.165, 1.54) is 51.4 Å². The fourth-order valence-electron chi connectivity index (χ4n) is 7.22. The molecule has 0 spiro atoms. The molecule has 0 rings (SSSR count). The monoisotopic (exact) mass is 853 g/mol. The molecule has 0 N–H and O–H groups in total. The third-order valence-electron chi connectivity index (χ3n) is 12.1. The molecule has 0 fully saturated rings. The SMILES string of the molecule is CCCCC(CC)COC(=O)CCCCCCCCC(=O)OCC(CC)CCCC.CCCCC(CC)COC(=O)CCCCCCCCC(=O)OCC(CC)CCCC. The first-order chi connectivity index (χ1) is 29.1. The van der Waals surface area contributed by atoms with Crippen LogP contribution >= 0.6 is 0 Å². The topological polar surface area (TPSA) is 105 Å². The Balaban J connectivity index is 0. The molecule has 0 saturated heterocycles. The lowest BCUT2D eigenvalue weighted by molar-refractivity contribution is -0.146. The van der Waals surface area contributed by atoms with Crippen molar-refractivity contribution in [1.82, 2.24) is 0 Å². The summed E-state index contributed by atoms with van der Waals surface area (Å²) in [5.74, 6) is 1.90. The van der Waals surface area contributed by atoms with Crippen LogP contribution in [0, 0.1) is 23.7 Å². The quantitative estimate of drug-likeness (QED) is 0.0340. The fraction of sp³-hybridized carbons (Fsp3) is 0.923. The standard InChI is InChI=1S/2C26H50O4/c2*1-5-9-17-23(7-3)21-29-25(27)19-15-13-11-12-14-16-20-26(28)30-22-24(8-4)18-10-6-2/h2*23-24H,5-22H2,1-4H3. The molecule has 8 nitrogen and oxygen atoms in total. The molecule has 0 aromatic rings. The van der Waals surface area contributed by atoms with Crippen molar-refractivity contribution in [2.24, 2.45) is 23.7 Å². The number of carbonyl (C=O) groups is 4. The Bertz CT molecular complexity index is 816. The van der Waals surface area contributed by atoms with E-state index in [1.54, 1.807) is 0 Å². The van der Waals surface area contributed by atoms with Crippen LogP contribution in [-0.4, -0.2) is 50.3 Å². The zero-order chi connectivity index (χ0) is 44.9. The average Bonchev–Trinajstić information content (AvgIpc) is 3.25. The third kappa shape index (κ3) is 41.2. The highest BCUT2D eigenvalue weighted by atomic mass is 16.5. The van der Waals surface area contributed by atoms with E-state index >= 15 is 0 Å². The number of hydrogen-bond acceptors (Lipinski definition) is 8. The van der Waals surface area contributed by atoms with Gasteiger partial charge in [-0.15, -0.1) is 0 Å². The summed E-state index contributed by atoms with van der Waals surface area (Å²) in [5, 5.41) is 0. The van der Waals surface area contributed by atoms with Gasteiger partial charge in [-0.25, -0.2) is 0 Å². The van der Waals surface area contributed by atoms with E-state index in [9.17, 15) is 19.2 Å². The Hall–Kier alpha value is -2.12. The molecule has 0 aromatic heterocycles. The van der Waals surface area contributed by atoms with Crippen molar-refractivity contribution in [2.45, 2.75) is 261 Å². The van der Waals surface area contributed by atoms with Gasteiger partial charge in [0.05, 0.1) is 26.4 Å². The highest BCUT2D eigenvalue weighted by molar-refractivity contribution is 5.70. The molecule has 0 amide bonds. The normalized spacial score (nSPS) is 13.1. The van der Waals surface area contributed by atoms with Crippen LogP contribution in [0.2, 0.25) is 0 Å². The highest BCUT2D eigenvalue weighted by Gasteiger charge is 2.13. The number of esters is 4. The van der Waals surface area contributed by atoms with Crippen LogP contribution in [0.1, 0.15) is 261 Å². The van der Waals surface area contributed by atoms with Crippen LogP contribution in [0.3, 0.4) is 0 Å². The van der Waals surface area contributed by atoms with Crippen LogP contribution in [0.4, 0.5) is 0 Å². The van der Waals surface area contributed by atoms with E-state index in [-0.39, 0.29) is 23.9 Å². The van der Waals surface area contributed by atoms with Crippen molar-refractivity contribution < 1.29 is 38.1 Å². The molecule has 356 valence electrons. The number of rotatable bonds is 42. The second-order valence-electron chi connectivity index (χ2n) is 17.6. The zero-order valence-corrected chi connectivity index (χ0v) is 41.0. The first-order valence-corrected chi connectivity index (χ1v) is 25.8. The summed E-state index contributed by atoms with van der Waals surface area (Å²) in [6, 6.07) is 0. The average molecular weight is 853 g/mol. The molecule has 0 aliphatic carbocycles. The lowest BCUT2D eigenvalue weighted by Crippen LogP contribution is -2.13. The Morgan fingerprint density at radius 3 is 0.633 bits per heavy atom. The van der Waals surface area contributed by atoms with Gasteiger partial charge in [-0.1, -0.05) is 184 Å². The Morgan fingerprint density at radius 2 is 0.467 bits per heavy atom. The molecule has 60 heavy (non-hydrogen) atoms. The van der Waals surface area contributed by atoms with Gasteiger partial charge >= 0.3 is 23.9 Å². The minimum absolute atomic E-state index is 0.0444. The lowest BCUT2D eigenvalue weighted by Gasteiger charge is -2.14. The summed E-state index contributed by atoms with van der Waals surface area (Å²) in [7, 11) is 0. The van der Waals surface area contributed by atoms with Crippen LogP contribution in [0.15, 0.2) is 0 Å². The molecular formula is C52H100O8. The molecule has 4 atom stereocenters. The van der Waals surface area contributed by atoms with E-state index in [2.05, 4.69) is 55.4 Å². The predicted octanol–water partition coefficient (Wildman–Crippen LogP) is 15.3. The Kier molecular flexibility index (Phi) is 46.4. The van der Waals surface area contributed by atoms with Crippen molar-refractivity contribution in [3.8, 4) is 0 Å². The Morgan fingerprint density at radius 1 is 0.283 bits per heavy atom. The smallest absolute Gasteiger partial charge is 0.305 e. The summed E-state index contributed by atoms with van der Waals surface area (Å²) in [5.41, 5.74) is 0. The van der Waals surface area contributed by atoms with Crippen molar-refractivity contribution in [2.75, 3.05) is 26.4 Å². The van der Waals surface area contributed by atoms with E-state index in [4.69, 9.17) is 18.9 Å². The largest absolute Gasteiger partial charge is 0.465 e. The molecule has 0 aliphatic rings. The summed E-state index contributed by atoms with van der Waals surface area (Å²) in [6.45, 7) is 19.8. The number of carbonyl (C=O) groups excluding carboxylic acids is 4. The van der Waals surface area contributed by atoms with Gasteiger partial charge in [-0.3, -0.25) is 19.2 Å². The summed E-state index contributed by atoms with van der Waals surface area (Å²) in [6.07, 6.45) is 33.1. The van der Waals surface area contributed by atoms with Crippen molar-refractivity contribution in [3.63, 3.8) is 0 Å². The zero-order valence-electron chi connectivity index (χ0n) is 41.0. The van der Waals surface area contributed by atoms with Gasteiger partial charge < -0.3 is 18.9 Å². The Labute approximate surface area is 371 Å². The van der Waals surface area contributed by atoms with Gasteiger partial charge in [-0.05, 0) is 75.0 Å². The van der Waals surface area contributed by atoms with E-state index in [1.807, 2.05) is 0 Å². The van der Waals surface area contributed by atoms with Gasteiger partial charge in [-0.2, -0.15) is 0 Å². The maximum Gasteiger partial charge on any atom is 0.305 e. The molecule has 4 unspecified atom stereocenters. The minimum Gasteiger partial charge on any atom is -0.465 e. The molecule has 0 saturated carbocycles. The van der Waals surface area contributed by atoms with Gasteiger partial charge in [0.25, 0.3) is 0 Å². The molecule has 0 bridgehead atoms. The lowest BCUT2D eigenvalue weighted by atomic mass is 10.0. The first kappa shape index (κ1) is 60.0. The predicted molar refractivity (Wildman–Crippen MR) is 251 cm³/mol. The molecule has 0 aromatic carbocycles. The molecule has 8 heteroatoms. The van der Waals surface area contributed by atoms with Crippen molar-refractivity contribution in [1.29, 1.82) is 0 Å². The van der Waals surface area contributed by atoms with E-state index in [0.29, 0.717) is 75.8 Å². The van der Waals surface area contributed by atoms with Gasteiger partial charge in [0.2, 0.25) is 0 Å². The highest BCUT2D eigenvalue weighted by Crippen LogP contribution is 2.18. The second-order valence-corrected chi connectivity index (χ2v) is 17.6. The van der Waals surface area contributed by atoms with Crippen LogP contribution in [0.25, 0.3) is 0 Å². The van der Waals surface area contributed by atoms with Gasteiger partial charge in [0, 0.05) is 25.7 Å². The van der Waals surface area contributed by atoms with E-state index < -0.39 is 0 Å². The second kappa shape index (κ2) is 46.4. The molecule has 0 aliphatic heterocycles. The molecular weight excluding hydrogens is 753 g/mol. The maximum absolute atomic E-state index is 11.9. The first-order valence-electron chi connectivity index (χ1n) is 25.8. The van der Waals surface area contributed by atoms with Crippen LogP contribution in [-0.2, 0) is 38.1 Å². The summed E-state index contributed by atoms with van der Waals surface area (Å²) in [4.78, 5) is 47.5. The maximum atomic E-state index is 11.9. The number of unbranched alkanes of at least 4 members (excludes halogenated alkanes) is 14. The van der Waals surface area contributed by atoms with Crippen molar-refractivity contribution >= 4 is 23.9 Å². The van der Waals surface area contributed by atoms with E-state index in [0.717, 1.165) is 128 Å². The summed E-state index contributed by atoms with van der Waals surface area (Å²) < 4.78 is 21.8. The number of ether oxygens (including phenoxy) is 4.